The highest BCUT2D eigenvalue weighted by atomic mass is 16.5. The third kappa shape index (κ3) is 3.27. The lowest BCUT2D eigenvalue weighted by Crippen LogP contribution is -2.22. The van der Waals surface area contributed by atoms with Crippen molar-refractivity contribution >= 4 is 5.78 Å². The minimum Gasteiger partial charge on any atom is -0.495 e. The molecule has 1 aromatic heterocycles. The second-order valence-corrected chi connectivity index (χ2v) is 4.23. The van der Waals surface area contributed by atoms with Crippen molar-refractivity contribution in [3.8, 4) is 5.75 Å². The Bertz CT molecular complexity index is 386. The smallest absolute Gasteiger partial charge is 0.167 e. The van der Waals surface area contributed by atoms with Crippen molar-refractivity contribution in [2.75, 3.05) is 13.7 Å². The molecule has 92 valence electrons. The highest BCUT2D eigenvalue weighted by Gasteiger charge is 2.19. The topological polar surface area (TPSA) is 48.4 Å². The maximum absolute atomic E-state index is 12.0. The Labute approximate surface area is 101 Å². The predicted octanol–water partition coefficient (Wildman–Crippen LogP) is 2.23. The van der Waals surface area contributed by atoms with Gasteiger partial charge in [0.2, 0.25) is 0 Å². The zero-order valence-corrected chi connectivity index (χ0v) is 10.0. The van der Waals surface area contributed by atoms with Gasteiger partial charge in [-0.3, -0.25) is 9.78 Å². The van der Waals surface area contributed by atoms with Crippen LogP contribution in [0.1, 0.15) is 36.0 Å². The zero-order chi connectivity index (χ0) is 12.1. The van der Waals surface area contributed by atoms with Gasteiger partial charge in [-0.2, -0.15) is 0 Å². The van der Waals surface area contributed by atoms with Crippen LogP contribution in [0.15, 0.2) is 18.5 Å². The first-order valence-corrected chi connectivity index (χ1v) is 5.93. The Hall–Kier alpha value is -1.42. The fraction of sp³-hybridized carbons (Fsp3) is 0.538. The lowest BCUT2D eigenvalue weighted by Gasteiger charge is -2.21. The van der Waals surface area contributed by atoms with Crippen LogP contribution in [0.3, 0.4) is 0 Å². The molecule has 0 aromatic carbocycles. The molecule has 0 saturated carbocycles. The van der Waals surface area contributed by atoms with Gasteiger partial charge in [0.15, 0.2) is 5.78 Å². The number of ketones is 1. The van der Waals surface area contributed by atoms with Crippen LogP contribution < -0.4 is 4.74 Å². The molecule has 1 fully saturated rings. The molecule has 0 bridgehead atoms. The molecule has 0 amide bonds. The van der Waals surface area contributed by atoms with Crippen molar-refractivity contribution in [1.29, 1.82) is 0 Å². The van der Waals surface area contributed by atoms with Crippen molar-refractivity contribution in [3.63, 3.8) is 0 Å². The predicted molar refractivity (Wildman–Crippen MR) is 63.3 cm³/mol. The number of carbonyl (C=O) groups is 1. The summed E-state index contributed by atoms with van der Waals surface area (Å²) in [6.07, 6.45) is 6.90. The van der Waals surface area contributed by atoms with Crippen LogP contribution in [0.2, 0.25) is 0 Å². The van der Waals surface area contributed by atoms with Gasteiger partial charge in [-0.1, -0.05) is 0 Å². The first kappa shape index (κ1) is 12.0. The molecular weight excluding hydrogens is 218 g/mol. The zero-order valence-electron chi connectivity index (χ0n) is 10.0. The van der Waals surface area contributed by atoms with E-state index in [0.717, 1.165) is 25.9 Å². The Balaban J connectivity index is 1.98. The summed E-state index contributed by atoms with van der Waals surface area (Å²) in [5, 5.41) is 0. The third-order valence-corrected chi connectivity index (χ3v) is 2.96. The number of aromatic nitrogens is 1. The van der Waals surface area contributed by atoms with Crippen molar-refractivity contribution in [2.24, 2.45) is 0 Å². The number of carbonyl (C=O) groups excluding carboxylic acids is 1. The molecule has 2 heterocycles. The normalized spacial score (nSPS) is 19.9. The Morgan fingerprint density at radius 2 is 2.41 bits per heavy atom. The quantitative estimate of drug-likeness (QED) is 0.751. The largest absolute Gasteiger partial charge is 0.495 e. The monoisotopic (exact) mass is 235 g/mol. The molecule has 1 unspecified atom stereocenters. The van der Waals surface area contributed by atoms with E-state index in [0.29, 0.717) is 17.7 Å². The lowest BCUT2D eigenvalue weighted by molar-refractivity contribution is 0.0129. The molecule has 4 heteroatoms. The molecule has 2 rings (SSSR count). The molecule has 0 N–H and O–H groups in total. The maximum Gasteiger partial charge on any atom is 0.167 e. The fourth-order valence-electron chi connectivity index (χ4n) is 1.98. The maximum atomic E-state index is 12.0. The molecular formula is C13H17NO3. The van der Waals surface area contributed by atoms with Crippen LogP contribution in [-0.4, -0.2) is 30.6 Å². The summed E-state index contributed by atoms with van der Waals surface area (Å²) in [6, 6.07) is 1.72. The molecule has 1 aromatic rings. The molecule has 1 aliphatic rings. The molecule has 0 spiro atoms. The van der Waals surface area contributed by atoms with Crippen LogP contribution in [-0.2, 0) is 4.74 Å². The van der Waals surface area contributed by atoms with Gasteiger partial charge >= 0.3 is 0 Å². The molecule has 0 radical (unpaired) electrons. The average Bonchev–Trinajstić information content (AvgIpc) is 2.40. The summed E-state index contributed by atoms with van der Waals surface area (Å²) in [5.74, 6) is 0.684. The Morgan fingerprint density at radius 1 is 1.53 bits per heavy atom. The standard InChI is InChI=1S/C13H17NO3/c1-16-12-6-10(8-14-9-12)13(15)7-11-4-2-3-5-17-11/h6,8-9,11H,2-5,7H2,1H3. The molecule has 0 aliphatic carbocycles. The summed E-state index contributed by atoms with van der Waals surface area (Å²) in [4.78, 5) is 16.0. The number of methoxy groups -OCH3 is 1. The third-order valence-electron chi connectivity index (χ3n) is 2.96. The van der Waals surface area contributed by atoms with Gasteiger partial charge in [0.1, 0.15) is 5.75 Å². The van der Waals surface area contributed by atoms with Crippen molar-refractivity contribution in [2.45, 2.75) is 31.8 Å². The van der Waals surface area contributed by atoms with Gasteiger partial charge in [0.05, 0.1) is 19.4 Å². The van der Waals surface area contributed by atoms with Crippen LogP contribution in [0.25, 0.3) is 0 Å². The second-order valence-electron chi connectivity index (χ2n) is 4.23. The Kier molecular flexibility index (Phi) is 4.09. The summed E-state index contributed by atoms with van der Waals surface area (Å²) in [6.45, 7) is 0.772. The average molecular weight is 235 g/mol. The summed E-state index contributed by atoms with van der Waals surface area (Å²) in [7, 11) is 1.56. The Morgan fingerprint density at radius 3 is 3.12 bits per heavy atom. The van der Waals surface area contributed by atoms with Gasteiger partial charge in [0, 0.05) is 24.8 Å². The molecule has 1 saturated heterocycles. The second kappa shape index (κ2) is 5.77. The van der Waals surface area contributed by atoms with Gasteiger partial charge < -0.3 is 9.47 Å². The molecule has 4 nitrogen and oxygen atoms in total. The first-order valence-electron chi connectivity index (χ1n) is 5.93. The first-order chi connectivity index (χ1) is 8.29. The van der Waals surface area contributed by atoms with Gasteiger partial charge in [-0.25, -0.2) is 0 Å². The SMILES string of the molecule is COc1cncc(C(=O)CC2CCCCO2)c1. The minimum atomic E-state index is 0.0717. The van der Waals surface area contributed by atoms with E-state index in [4.69, 9.17) is 9.47 Å². The van der Waals surface area contributed by atoms with Gasteiger partial charge in [0.25, 0.3) is 0 Å². The number of rotatable bonds is 4. The van der Waals surface area contributed by atoms with E-state index in [1.54, 1.807) is 25.6 Å². The van der Waals surface area contributed by atoms with Crippen LogP contribution >= 0.6 is 0 Å². The van der Waals surface area contributed by atoms with Gasteiger partial charge in [-0.05, 0) is 25.3 Å². The van der Waals surface area contributed by atoms with Crippen LogP contribution in [0, 0.1) is 0 Å². The summed E-state index contributed by atoms with van der Waals surface area (Å²) < 4.78 is 10.6. The number of hydrogen-bond acceptors (Lipinski definition) is 4. The summed E-state index contributed by atoms with van der Waals surface area (Å²) >= 11 is 0. The molecule has 17 heavy (non-hydrogen) atoms. The minimum absolute atomic E-state index is 0.0717. The van der Waals surface area contributed by atoms with Crippen molar-refractivity contribution < 1.29 is 14.3 Å². The summed E-state index contributed by atoms with van der Waals surface area (Å²) in [5.41, 5.74) is 0.596. The number of Topliss-reactive ketones (excluding diaryl/α,β-unsaturated/α-hetero) is 1. The van der Waals surface area contributed by atoms with Crippen LogP contribution in [0.5, 0.6) is 5.75 Å². The fourth-order valence-corrected chi connectivity index (χ4v) is 1.98. The van der Waals surface area contributed by atoms with E-state index in [9.17, 15) is 4.79 Å². The molecule has 1 aliphatic heterocycles. The highest BCUT2D eigenvalue weighted by Crippen LogP contribution is 2.19. The van der Waals surface area contributed by atoms with Crippen molar-refractivity contribution in [3.05, 3.63) is 24.0 Å². The van der Waals surface area contributed by atoms with E-state index in [2.05, 4.69) is 4.98 Å². The van der Waals surface area contributed by atoms with E-state index in [-0.39, 0.29) is 11.9 Å². The van der Waals surface area contributed by atoms with E-state index >= 15 is 0 Å². The van der Waals surface area contributed by atoms with E-state index < -0.39 is 0 Å². The highest BCUT2D eigenvalue weighted by molar-refractivity contribution is 5.96. The number of pyridine rings is 1. The lowest BCUT2D eigenvalue weighted by atomic mass is 10.0. The van der Waals surface area contributed by atoms with Crippen LogP contribution in [0.4, 0.5) is 0 Å². The van der Waals surface area contributed by atoms with Crippen molar-refractivity contribution in [1.82, 2.24) is 4.98 Å². The van der Waals surface area contributed by atoms with Gasteiger partial charge in [-0.15, -0.1) is 0 Å². The number of nitrogens with zero attached hydrogens (tertiary/aromatic N) is 1. The molecule has 1 atom stereocenters. The van der Waals surface area contributed by atoms with E-state index in [1.165, 1.54) is 0 Å². The number of hydrogen-bond donors (Lipinski definition) is 0. The van der Waals surface area contributed by atoms with E-state index in [1.807, 2.05) is 0 Å². The number of ether oxygens (including phenoxy) is 2.